The van der Waals surface area contributed by atoms with E-state index in [2.05, 4.69) is 10.6 Å². The third-order valence-electron chi connectivity index (χ3n) is 3.02. The fourth-order valence-electron chi connectivity index (χ4n) is 1.92. The lowest BCUT2D eigenvalue weighted by atomic mass is 10.1. The zero-order valence-corrected chi connectivity index (χ0v) is 13.9. The van der Waals surface area contributed by atoms with Crippen LogP contribution in [0.15, 0.2) is 42.5 Å². The van der Waals surface area contributed by atoms with Crippen LogP contribution < -0.4 is 15.7 Å². The first-order valence-corrected chi connectivity index (χ1v) is 7.45. The Morgan fingerprint density at radius 1 is 1.12 bits per heavy atom. The lowest BCUT2D eigenvalue weighted by molar-refractivity contribution is -0.385. The molecule has 25 heavy (non-hydrogen) atoms. The first kappa shape index (κ1) is 18.3. The molecule has 0 unspecified atom stereocenters. The minimum atomic E-state index is -1.43. The van der Waals surface area contributed by atoms with Gasteiger partial charge in [-0.05, 0) is 36.5 Å². The number of hydrogen-bond donors (Lipinski definition) is 2. The van der Waals surface area contributed by atoms with Crippen molar-refractivity contribution in [2.45, 2.75) is 0 Å². The van der Waals surface area contributed by atoms with E-state index >= 15 is 0 Å². The smallest absolute Gasteiger partial charge is 0.282 e. The summed E-state index contributed by atoms with van der Waals surface area (Å²) in [5.41, 5.74) is -0.379. The van der Waals surface area contributed by atoms with Crippen LogP contribution in [0.5, 0.6) is 0 Å². The number of nitro benzene ring substituents is 1. The molecule has 0 spiro atoms. The van der Waals surface area contributed by atoms with Gasteiger partial charge in [-0.2, -0.15) is 0 Å². The summed E-state index contributed by atoms with van der Waals surface area (Å²) in [6.07, 6.45) is 0. The number of nitro groups is 1. The van der Waals surface area contributed by atoms with Crippen molar-refractivity contribution in [1.82, 2.24) is 5.32 Å². The Morgan fingerprint density at radius 3 is 2.40 bits per heavy atom. The van der Waals surface area contributed by atoms with Crippen molar-refractivity contribution in [3.05, 3.63) is 68.7 Å². The van der Waals surface area contributed by atoms with Crippen LogP contribution in [0.1, 0.15) is 20.7 Å². The summed E-state index contributed by atoms with van der Waals surface area (Å²) in [6, 6.07) is 9.29. The average Bonchev–Trinajstić information content (AvgIpc) is 2.54. The van der Waals surface area contributed by atoms with E-state index in [-0.39, 0.29) is 26.9 Å². The summed E-state index contributed by atoms with van der Waals surface area (Å²) in [4.78, 5) is 33.2. The van der Waals surface area contributed by atoms with Gasteiger partial charge in [0.1, 0.15) is 5.56 Å². The molecular weight excluding hydrogens is 370 g/mol. The van der Waals surface area contributed by atoms with Gasteiger partial charge < -0.3 is 15.2 Å². The number of hydrogen-bond acceptors (Lipinski definition) is 6. The van der Waals surface area contributed by atoms with Gasteiger partial charge in [-0.3, -0.25) is 20.2 Å². The summed E-state index contributed by atoms with van der Waals surface area (Å²) in [5.74, 6) is -2.19. The van der Waals surface area contributed by atoms with E-state index < -0.39 is 16.8 Å². The topological polar surface area (TPSA) is 124 Å². The molecule has 0 fully saturated rings. The molecule has 0 aromatic heterocycles. The average molecular weight is 379 g/mol. The van der Waals surface area contributed by atoms with Crippen LogP contribution in [0.2, 0.25) is 5.02 Å². The Hall–Kier alpha value is -3.04. The number of para-hydroxylation sites is 1. The number of amides is 1. The molecule has 2 N–H and O–H groups in total. The van der Waals surface area contributed by atoms with Crippen LogP contribution in [0, 0.1) is 10.1 Å². The summed E-state index contributed by atoms with van der Waals surface area (Å²) in [6.45, 7) is 0. The van der Waals surface area contributed by atoms with Crippen molar-refractivity contribution in [1.29, 1.82) is 0 Å². The van der Waals surface area contributed by atoms with Crippen molar-refractivity contribution in [2.24, 2.45) is 0 Å². The molecule has 0 saturated carbocycles. The lowest BCUT2D eigenvalue weighted by Crippen LogP contribution is -2.34. The van der Waals surface area contributed by atoms with Gasteiger partial charge >= 0.3 is 0 Å². The van der Waals surface area contributed by atoms with Gasteiger partial charge in [0.15, 0.2) is 5.11 Å². The molecule has 128 valence electrons. The molecular formula is C15H9ClN3O5S-. The first-order chi connectivity index (χ1) is 11.8. The number of carboxylic acids is 1. The maximum Gasteiger partial charge on any atom is 0.282 e. The number of benzene rings is 2. The van der Waals surface area contributed by atoms with E-state index in [0.717, 1.165) is 0 Å². The van der Waals surface area contributed by atoms with Crippen molar-refractivity contribution < 1.29 is 19.6 Å². The predicted molar refractivity (Wildman–Crippen MR) is 92.6 cm³/mol. The molecule has 0 atom stereocenters. The minimum absolute atomic E-state index is 0.0715. The second kappa shape index (κ2) is 7.69. The highest BCUT2D eigenvalue weighted by molar-refractivity contribution is 7.80. The van der Waals surface area contributed by atoms with E-state index in [1.54, 1.807) is 0 Å². The van der Waals surface area contributed by atoms with Crippen LogP contribution in [-0.4, -0.2) is 21.9 Å². The van der Waals surface area contributed by atoms with Crippen LogP contribution in [-0.2, 0) is 0 Å². The Bertz CT molecular complexity index is 887. The monoisotopic (exact) mass is 378 g/mol. The molecule has 2 rings (SSSR count). The first-order valence-electron chi connectivity index (χ1n) is 6.66. The van der Waals surface area contributed by atoms with Crippen LogP contribution in [0.25, 0.3) is 0 Å². The SMILES string of the molecule is O=C([O-])c1ccc(NC(=S)NC(=O)c2ccccc2[N+](=O)[O-])cc1Cl. The lowest BCUT2D eigenvalue weighted by Gasteiger charge is -2.12. The van der Waals surface area contributed by atoms with Gasteiger partial charge in [-0.1, -0.05) is 23.7 Å². The predicted octanol–water partition coefficient (Wildman–Crippen LogP) is 1.74. The molecule has 10 heteroatoms. The van der Waals surface area contributed by atoms with E-state index in [0.29, 0.717) is 5.69 Å². The van der Waals surface area contributed by atoms with Gasteiger partial charge in [-0.25, -0.2) is 0 Å². The highest BCUT2D eigenvalue weighted by Gasteiger charge is 2.19. The van der Waals surface area contributed by atoms with E-state index in [1.807, 2.05) is 0 Å². The van der Waals surface area contributed by atoms with E-state index in [9.17, 15) is 24.8 Å². The number of carboxylic acid groups (broad SMARTS) is 1. The van der Waals surface area contributed by atoms with Crippen LogP contribution in [0.4, 0.5) is 11.4 Å². The molecule has 2 aromatic rings. The molecule has 0 aliphatic carbocycles. The van der Waals surface area contributed by atoms with Gasteiger partial charge in [0, 0.05) is 17.3 Å². The fourth-order valence-corrected chi connectivity index (χ4v) is 2.38. The molecule has 8 nitrogen and oxygen atoms in total. The maximum atomic E-state index is 12.1. The van der Waals surface area contributed by atoms with Gasteiger partial charge in [0.2, 0.25) is 0 Å². The Morgan fingerprint density at radius 2 is 1.80 bits per heavy atom. The Labute approximate surface area is 151 Å². The third-order valence-corrected chi connectivity index (χ3v) is 3.54. The second-order valence-corrected chi connectivity index (χ2v) is 5.48. The maximum absolute atomic E-state index is 12.1. The van der Waals surface area contributed by atoms with E-state index in [1.165, 1.54) is 42.5 Å². The summed E-state index contributed by atoms with van der Waals surface area (Å²) >= 11 is 10.8. The molecule has 0 heterocycles. The molecule has 0 bridgehead atoms. The molecule has 0 aliphatic rings. The van der Waals surface area contributed by atoms with E-state index in [4.69, 9.17) is 23.8 Å². The van der Waals surface area contributed by atoms with Gasteiger partial charge in [-0.15, -0.1) is 0 Å². The largest absolute Gasteiger partial charge is 0.545 e. The quantitative estimate of drug-likeness (QED) is 0.471. The normalized spacial score (nSPS) is 9.96. The van der Waals surface area contributed by atoms with Crippen LogP contribution in [0.3, 0.4) is 0 Å². The summed E-state index contributed by atoms with van der Waals surface area (Å²) < 4.78 is 0. The van der Waals surface area contributed by atoms with Gasteiger partial charge in [0.25, 0.3) is 11.6 Å². The minimum Gasteiger partial charge on any atom is -0.545 e. The van der Waals surface area contributed by atoms with Crippen LogP contribution >= 0.6 is 23.8 Å². The second-order valence-electron chi connectivity index (χ2n) is 4.66. The van der Waals surface area contributed by atoms with Crippen molar-refractivity contribution >= 4 is 52.2 Å². The molecule has 1 amide bonds. The van der Waals surface area contributed by atoms with Crippen molar-refractivity contribution in [3.63, 3.8) is 0 Å². The number of rotatable bonds is 4. The highest BCUT2D eigenvalue weighted by Crippen LogP contribution is 2.21. The number of halogens is 1. The number of nitrogens with zero attached hydrogens (tertiary/aromatic N) is 1. The number of nitrogens with one attached hydrogen (secondary N) is 2. The Balaban J connectivity index is 2.10. The number of carbonyl (C=O) groups excluding carboxylic acids is 2. The highest BCUT2D eigenvalue weighted by atomic mass is 35.5. The molecule has 0 saturated heterocycles. The fraction of sp³-hybridized carbons (Fsp3) is 0. The van der Waals surface area contributed by atoms with Crippen molar-refractivity contribution in [3.8, 4) is 0 Å². The number of anilines is 1. The van der Waals surface area contributed by atoms with Crippen molar-refractivity contribution in [2.75, 3.05) is 5.32 Å². The molecule has 0 radical (unpaired) electrons. The number of carbonyl (C=O) groups is 2. The standard InChI is InChI=1S/C15H10ClN3O5S/c16-11-7-8(5-6-9(11)14(21)22)17-15(25)18-13(20)10-3-1-2-4-12(10)19(23)24/h1-7H,(H,21,22)(H2,17,18,20,25)/p-1. The number of thiocarbonyl (C=S) groups is 1. The summed E-state index contributed by atoms with van der Waals surface area (Å²) in [5, 5.41) is 26.4. The molecule has 0 aliphatic heterocycles. The summed E-state index contributed by atoms with van der Waals surface area (Å²) in [7, 11) is 0. The number of aromatic carboxylic acids is 1. The third kappa shape index (κ3) is 4.49. The zero-order valence-electron chi connectivity index (χ0n) is 12.3. The Kier molecular flexibility index (Phi) is 5.63. The zero-order chi connectivity index (χ0) is 18.6. The van der Waals surface area contributed by atoms with Gasteiger partial charge in [0.05, 0.1) is 15.9 Å². The molecule has 2 aromatic carbocycles.